The van der Waals surface area contributed by atoms with E-state index in [9.17, 15) is 8.42 Å². The fourth-order valence-electron chi connectivity index (χ4n) is 2.77. The Kier molecular flexibility index (Phi) is 3.94. The second-order valence-electron chi connectivity index (χ2n) is 7.12. The van der Waals surface area contributed by atoms with Crippen LogP contribution in [0.1, 0.15) is 58.8 Å². The van der Waals surface area contributed by atoms with Crippen molar-refractivity contribution in [3.8, 4) is 0 Å². The summed E-state index contributed by atoms with van der Waals surface area (Å²) in [6.45, 7) is 8.76. The molecular weight excluding hydrogens is 276 g/mol. The predicted octanol–water partition coefficient (Wildman–Crippen LogP) is 1.88. The molecule has 7 heteroatoms. The molecule has 6 nitrogen and oxygen atoms in total. The van der Waals surface area contributed by atoms with Crippen LogP contribution in [0.5, 0.6) is 0 Å². The molecule has 2 N–H and O–H groups in total. The Balaban J connectivity index is 2.23. The van der Waals surface area contributed by atoms with Crippen molar-refractivity contribution in [2.75, 3.05) is 0 Å². The van der Waals surface area contributed by atoms with Gasteiger partial charge in [-0.3, -0.25) is 4.57 Å². The molecule has 0 aromatic carbocycles. The topological polar surface area (TPSA) is 90.9 Å². The second-order valence-corrected chi connectivity index (χ2v) is 8.57. The van der Waals surface area contributed by atoms with Crippen LogP contribution in [0.25, 0.3) is 0 Å². The summed E-state index contributed by atoms with van der Waals surface area (Å²) in [5.74, 6) is 1.17. The fourth-order valence-corrected chi connectivity index (χ4v) is 3.45. The molecule has 0 radical (unpaired) electrons. The van der Waals surface area contributed by atoms with Gasteiger partial charge in [-0.25, -0.2) is 13.6 Å². The molecule has 0 amide bonds. The third-order valence-corrected chi connectivity index (χ3v) is 4.18. The molecule has 0 spiro atoms. The van der Waals surface area contributed by atoms with Crippen molar-refractivity contribution in [3.63, 3.8) is 0 Å². The van der Waals surface area contributed by atoms with Crippen molar-refractivity contribution < 1.29 is 8.42 Å². The highest BCUT2D eigenvalue weighted by Crippen LogP contribution is 2.38. The van der Waals surface area contributed by atoms with Gasteiger partial charge >= 0.3 is 0 Å². The highest BCUT2D eigenvalue weighted by molar-refractivity contribution is 7.89. The molecule has 1 aliphatic carbocycles. The number of nitrogens with zero attached hydrogens (tertiary/aromatic N) is 3. The van der Waals surface area contributed by atoms with E-state index >= 15 is 0 Å². The summed E-state index contributed by atoms with van der Waals surface area (Å²) in [6.07, 6.45) is 3.73. The van der Waals surface area contributed by atoms with Gasteiger partial charge in [0.1, 0.15) is 5.82 Å². The Morgan fingerprint density at radius 2 is 1.95 bits per heavy atom. The molecule has 0 aliphatic heterocycles. The van der Waals surface area contributed by atoms with E-state index in [1.54, 1.807) is 4.57 Å². The first kappa shape index (κ1) is 15.4. The first-order valence-corrected chi connectivity index (χ1v) is 8.59. The number of nitrogens with two attached hydrogens (primary N) is 1. The maximum atomic E-state index is 11.6. The summed E-state index contributed by atoms with van der Waals surface area (Å²) in [6, 6.07) is 0.204. The molecule has 0 bridgehead atoms. The smallest absolute Gasteiger partial charge is 0.273 e. The molecule has 20 heavy (non-hydrogen) atoms. The molecule has 1 aromatic rings. The summed E-state index contributed by atoms with van der Waals surface area (Å²) in [4.78, 5) is 0. The number of sulfonamides is 1. The number of rotatable bonds is 5. The van der Waals surface area contributed by atoms with Gasteiger partial charge in [0.05, 0.1) is 0 Å². The average molecular weight is 300 g/mol. The van der Waals surface area contributed by atoms with Crippen molar-refractivity contribution in [1.82, 2.24) is 14.8 Å². The molecule has 2 rings (SSSR count). The molecule has 0 saturated heterocycles. The van der Waals surface area contributed by atoms with E-state index in [1.165, 1.54) is 0 Å². The van der Waals surface area contributed by atoms with Crippen molar-refractivity contribution in [3.05, 3.63) is 5.82 Å². The van der Waals surface area contributed by atoms with E-state index in [2.05, 4.69) is 37.9 Å². The first-order valence-electron chi connectivity index (χ1n) is 7.04. The van der Waals surface area contributed by atoms with Crippen LogP contribution in [-0.2, 0) is 16.4 Å². The van der Waals surface area contributed by atoms with E-state index in [1.807, 2.05) is 0 Å². The number of hydrogen-bond acceptors (Lipinski definition) is 4. The lowest BCUT2D eigenvalue weighted by atomic mass is 9.84. The van der Waals surface area contributed by atoms with E-state index in [-0.39, 0.29) is 16.6 Å². The summed E-state index contributed by atoms with van der Waals surface area (Å²) >= 11 is 0. The zero-order chi connectivity index (χ0) is 15.1. The summed E-state index contributed by atoms with van der Waals surface area (Å²) in [7, 11) is -3.80. The molecular formula is C13H24N4O2S. The molecule has 1 unspecified atom stereocenters. The van der Waals surface area contributed by atoms with Gasteiger partial charge < -0.3 is 0 Å². The summed E-state index contributed by atoms with van der Waals surface area (Å²) in [5, 5.41) is 13.0. The maximum absolute atomic E-state index is 11.6. The minimum absolute atomic E-state index is 0.0852. The zero-order valence-corrected chi connectivity index (χ0v) is 13.4. The molecule has 1 fully saturated rings. The number of primary sulfonamides is 1. The van der Waals surface area contributed by atoms with Crippen LogP contribution in [0.4, 0.5) is 0 Å². The first-order chi connectivity index (χ1) is 9.08. The third kappa shape index (κ3) is 3.79. The standard InChI is InChI=1S/C13H24N4O2S/c1-9(8-13(2,3)4)7-11-15-16-12(20(14,18)19)17(11)10-5-6-10/h9-10H,5-8H2,1-4H3,(H2,14,18,19). The van der Waals surface area contributed by atoms with Gasteiger partial charge in [0.15, 0.2) is 0 Å². The Bertz CT molecular complexity index is 582. The van der Waals surface area contributed by atoms with E-state index < -0.39 is 10.0 Å². The van der Waals surface area contributed by atoms with Gasteiger partial charge in [-0.05, 0) is 30.6 Å². The van der Waals surface area contributed by atoms with Gasteiger partial charge in [-0.1, -0.05) is 27.7 Å². The molecule has 114 valence electrons. The monoisotopic (exact) mass is 300 g/mol. The normalized spacial score (nSPS) is 18.2. The molecule has 1 saturated carbocycles. The number of hydrogen-bond donors (Lipinski definition) is 1. The van der Waals surface area contributed by atoms with Gasteiger partial charge in [0.2, 0.25) is 0 Å². The molecule has 1 aromatic heterocycles. The minimum atomic E-state index is -3.80. The fraction of sp³-hybridized carbons (Fsp3) is 0.846. The van der Waals surface area contributed by atoms with Gasteiger partial charge in [-0.2, -0.15) is 0 Å². The maximum Gasteiger partial charge on any atom is 0.273 e. The minimum Gasteiger partial charge on any atom is -0.298 e. The molecule has 1 atom stereocenters. The van der Waals surface area contributed by atoms with Crippen LogP contribution in [0.15, 0.2) is 5.16 Å². The second kappa shape index (κ2) is 5.11. The van der Waals surface area contributed by atoms with Gasteiger partial charge in [0.25, 0.3) is 15.2 Å². The Morgan fingerprint density at radius 3 is 2.40 bits per heavy atom. The van der Waals surface area contributed by atoms with E-state index in [0.29, 0.717) is 5.92 Å². The Morgan fingerprint density at radius 1 is 1.35 bits per heavy atom. The van der Waals surface area contributed by atoms with Crippen LogP contribution in [0.3, 0.4) is 0 Å². The van der Waals surface area contributed by atoms with E-state index in [4.69, 9.17) is 5.14 Å². The van der Waals surface area contributed by atoms with Crippen LogP contribution < -0.4 is 5.14 Å². The largest absolute Gasteiger partial charge is 0.298 e. The number of aromatic nitrogens is 3. The summed E-state index contributed by atoms with van der Waals surface area (Å²) in [5.41, 5.74) is 0.243. The van der Waals surface area contributed by atoms with Crippen molar-refractivity contribution >= 4 is 10.0 Å². The van der Waals surface area contributed by atoms with Gasteiger partial charge in [-0.15, -0.1) is 10.2 Å². The van der Waals surface area contributed by atoms with Crippen LogP contribution in [-0.4, -0.2) is 23.2 Å². The van der Waals surface area contributed by atoms with Crippen molar-refractivity contribution in [1.29, 1.82) is 0 Å². The lowest BCUT2D eigenvalue weighted by Gasteiger charge is -2.23. The summed E-state index contributed by atoms with van der Waals surface area (Å²) < 4.78 is 24.9. The van der Waals surface area contributed by atoms with Crippen LogP contribution in [0, 0.1) is 11.3 Å². The quantitative estimate of drug-likeness (QED) is 0.898. The zero-order valence-electron chi connectivity index (χ0n) is 12.6. The highest BCUT2D eigenvalue weighted by atomic mass is 32.2. The van der Waals surface area contributed by atoms with Crippen LogP contribution in [0.2, 0.25) is 0 Å². The lowest BCUT2D eigenvalue weighted by molar-refractivity contribution is 0.301. The van der Waals surface area contributed by atoms with Crippen molar-refractivity contribution in [2.24, 2.45) is 16.5 Å². The molecule has 1 aliphatic rings. The predicted molar refractivity (Wildman–Crippen MR) is 76.6 cm³/mol. The van der Waals surface area contributed by atoms with Gasteiger partial charge in [0, 0.05) is 12.5 Å². The highest BCUT2D eigenvalue weighted by Gasteiger charge is 2.33. The molecule has 1 heterocycles. The third-order valence-electron chi connectivity index (χ3n) is 3.39. The Labute approximate surface area is 120 Å². The van der Waals surface area contributed by atoms with Crippen LogP contribution >= 0.6 is 0 Å². The van der Waals surface area contributed by atoms with Crippen molar-refractivity contribution in [2.45, 2.75) is 64.6 Å². The average Bonchev–Trinajstić information content (AvgIpc) is 2.96. The lowest BCUT2D eigenvalue weighted by Crippen LogP contribution is -2.20. The SMILES string of the molecule is CC(Cc1nnc(S(N)(=O)=O)n1C1CC1)CC(C)(C)C. The Hall–Kier alpha value is -0.950. The van der Waals surface area contributed by atoms with E-state index in [0.717, 1.165) is 31.5 Å².